The summed E-state index contributed by atoms with van der Waals surface area (Å²) in [5, 5.41) is 0. The van der Waals surface area contributed by atoms with Gasteiger partial charge in [0, 0.05) is 45.4 Å². The van der Waals surface area contributed by atoms with Gasteiger partial charge in [-0.1, -0.05) is 13.8 Å². The number of aromatic nitrogens is 2. The van der Waals surface area contributed by atoms with Gasteiger partial charge in [-0.05, 0) is 25.5 Å². The maximum absolute atomic E-state index is 12.8. The first kappa shape index (κ1) is 17.3. The Morgan fingerprint density at radius 1 is 1.33 bits per heavy atom. The van der Waals surface area contributed by atoms with Crippen molar-refractivity contribution in [3.8, 4) is 0 Å². The zero-order chi connectivity index (χ0) is 17.2. The smallest absolute Gasteiger partial charge is 0.230 e. The summed E-state index contributed by atoms with van der Waals surface area (Å²) >= 11 is 0. The lowest BCUT2D eigenvalue weighted by Crippen LogP contribution is -2.38. The van der Waals surface area contributed by atoms with Crippen molar-refractivity contribution < 1.29 is 9.53 Å². The van der Waals surface area contributed by atoms with Gasteiger partial charge in [-0.2, -0.15) is 0 Å². The van der Waals surface area contributed by atoms with E-state index >= 15 is 0 Å². The van der Waals surface area contributed by atoms with Crippen molar-refractivity contribution >= 4 is 5.91 Å². The van der Waals surface area contributed by atoms with E-state index in [9.17, 15) is 4.79 Å². The Labute approximate surface area is 144 Å². The van der Waals surface area contributed by atoms with E-state index in [0.29, 0.717) is 25.0 Å². The molecule has 0 radical (unpaired) electrons. The number of amides is 1. The van der Waals surface area contributed by atoms with Crippen LogP contribution in [0, 0.1) is 5.41 Å². The number of rotatable bonds is 6. The van der Waals surface area contributed by atoms with Crippen LogP contribution in [0.15, 0.2) is 12.3 Å². The van der Waals surface area contributed by atoms with Crippen LogP contribution in [0.4, 0.5) is 0 Å². The number of likely N-dealkylation sites (tertiary alicyclic amines) is 2. The minimum absolute atomic E-state index is 0.179. The zero-order valence-corrected chi connectivity index (χ0v) is 15.0. The highest BCUT2D eigenvalue weighted by Crippen LogP contribution is 2.40. The lowest BCUT2D eigenvalue weighted by atomic mass is 9.85. The Hall–Kier alpha value is -1.53. The lowest BCUT2D eigenvalue weighted by Gasteiger charge is -2.23. The molecular weight excluding hydrogens is 304 g/mol. The topological polar surface area (TPSA) is 58.6 Å². The predicted octanol–water partition coefficient (Wildman–Crippen LogP) is 1.67. The molecule has 0 aromatic carbocycles. The highest BCUT2D eigenvalue weighted by molar-refractivity contribution is 5.85. The second kappa shape index (κ2) is 7.15. The van der Waals surface area contributed by atoms with Crippen LogP contribution >= 0.6 is 0 Å². The third kappa shape index (κ3) is 3.44. The summed E-state index contributed by atoms with van der Waals surface area (Å²) in [6.45, 7) is 9.01. The molecule has 0 aliphatic carbocycles. The van der Waals surface area contributed by atoms with Crippen LogP contribution in [0.1, 0.15) is 44.1 Å². The molecule has 1 atom stereocenters. The Morgan fingerprint density at radius 3 is 2.88 bits per heavy atom. The van der Waals surface area contributed by atoms with Crippen LogP contribution < -0.4 is 0 Å². The van der Waals surface area contributed by atoms with Gasteiger partial charge in [-0.25, -0.2) is 9.97 Å². The van der Waals surface area contributed by atoms with Gasteiger partial charge in [0.1, 0.15) is 5.82 Å². The summed E-state index contributed by atoms with van der Waals surface area (Å²) in [5.74, 6) is 1.54. The maximum Gasteiger partial charge on any atom is 0.230 e. The van der Waals surface area contributed by atoms with Crippen LogP contribution in [0.5, 0.6) is 0 Å². The van der Waals surface area contributed by atoms with E-state index in [0.717, 1.165) is 50.5 Å². The largest absolute Gasteiger partial charge is 0.383 e. The summed E-state index contributed by atoms with van der Waals surface area (Å²) < 4.78 is 5.12. The molecule has 2 aliphatic heterocycles. The van der Waals surface area contributed by atoms with E-state index in [-0.39, 0.29) is 5.41 Å². The first-order valence-corrected chi connectivity index (χ1v) is 8.86. The number of carbonyl (C=O) groups excluding carboxylic acids is 1. The van der Waals surface area contributed by atoms with E-state index in [4.69, 9.17) is 4.74 Å². The first-order valence-electron chi connectivity index (χ1n) is 8.86. The van der Waals surface area contributed by atoms with Crippen molar-refractivity contribution in [3.63, 3.8) is 0 Å². The minimum Gasteiger partial charge on any atom is -0.383 e. The van der Waals surface area contributed by atoms with Crippen molar-refractivity contribution in [2.45, 2.75) is 39.2 Å². The standard InChI is InChI=1S/C18H28N4O2/c1-14(2)16-19-7-4-15(20-16)12-21-8-5-18(13-21)6-9-22(17(18)23)10-11-24-3/h4,7,14H,5-6,8-13H2,1-3H3. The van der Waals surface area contributed by atoms with Crippen LogP contribution in [-0.2, 0) is 16.1 Å². The van der Waals surface area contributed by atoms with E-state index in [2.05, 4.69) is 28.7 Å². The summed E-state index contributed by atoms with van der Waals surface area (Å²) in [7, 11) is 1.68. The van der Waals surface area contributed by atoms with Gasteiger partial charge in [-0.3, -0.25) is 9.69 Å². The van der Waals surface area contributed by atoms with E-state index in [1.165, 1.54) is 0 Å². The summed E-state index contributed by atoms with van der Waals surface area (Å²) in [4.78, 5) is 26.1. The molecule has 24 heavy (non-hydrogen) atoms. The molecule has 0 N–H and O–H groups in total. The monoisotopic (exact) mass is 332 g/mol. The van der Waals surface area contributed by atoms with Crippen molar-refractivity contribution in [1.82, 2.24) is 19.8 Å². The molecule has 6 heteroatoms. The highest BCUT2D eigenvalue weighted by atomic mass is 16.5. The van der Waals surface area contributed by atoms with Gasteiger partial charge in [0.05, 0.1) is 17.7 Å². The Morgan fingerprint density at radius 2 is 2.12 bits per heavy atom. The molecular formula is C18H28N4O2. The molecule has 6 nitrogen and oxygen atoms in total. The second-order valence-corrected chi connectivity index (χ2v) is 7.34. The van der Waals surface area contributed by atoms with Crippen LogP contribution in [-0.4, -0.2) is 65.6 Å². The molecule has 1 unspecified atom stereocenters. The van der Waals surface area contributed by atoms with Crippen LogP contribution in [0.25, 0.3) is 0 Å². The molecule has 1 aromatic rings. The summed E-state index contributed by atoms with van der Waals surface area (Å²) in [6.07, 6.45) is 3.77. The van der Waals surface area contributed by atoms with Gasteiger partial charge in [0.2, 0.25) is 5.91 Å². The average Bonchev–Trinajstić information content (AvgIpc) is 3.11. The van der Waals surface area contributed by atoms with Gasteiger partial charge in [0.25, 0.3) is 0 Å². The SMILES string of the molecule is COCCN1CCC2(CCN(Cc3ccnc(C(C)C)n3)C2)C1=O. The summed E-state index contributed by atoms with van der Waals surface area (Å²) in [6, 6.07) is 1.98. The Kier molecular flexibility index (Phi) is 5.15. The minimum atomic E-state index is -0.179. The fourth-order valence-corrected chi connectivity index (χ4v) is 3.79. The van der Waals surface area contributed by atoms with E-state index in [1.54, 1.807) is 7.11 Å². The number of ether oxygens (including phenoxy) is 1. The fourth-order valence-electron chi connectivity index (χ4n) is 3.79. The normalized spacial score (nSPS) is 24.7. The molecule has 3 heterocycles. The number of hydrogen-bond donors (Lipinski definition) is 0. The average molecular weight is 332 g/mol. The quantitative estimate of drug-likeness (QED) is 0.793. The molecule has 2 fully saturated rings. The highest BCUT2D eigenvalue weighted by Gasteiger charge is 2.50. The van der Waals surface area contributed by atoms with Crippen molar-refractivity contribution in [1.29, 1.82) is 0 Å². The second-order valence-electron chi connectivity index (χ2n) is 7.34. The zero-order valence-electron chi connectivity index (χ0n) is 15.0. The molecule has 0 bridgehead atoms. The van der Waals surface area contributed by atoms with Gasteiger partial charge in [0.15, 0.2) is 0 Å². The van der Waals surface area contributed by atoms with Crippen LogP contribution in [0.3, 0.4) is 0 Å². The molecule has 2 aliphatic rings. The molecule has 1 spiro atoms. The van der Waals surface area contributed by atoms with Crippen molar-refractivity contribution in [3.05, 3.63) is 23.8 Å². The lowest BCUT2D eigenvalue weighted by molar-refractivity contribution is -0.136. The molecule has 1 amide bonds. The van der Waals surface area contributed by atoms with Crippen molar-refractivity contribution in [2.75, 3.05) is 39.9 Å². The number of nitrogens with zero attached hydrogens (tertiary/aromatic N) is 4. The maximum atomic E-state index is 12.8. The van der Waals surface area contributed by atoms with Gasteiger partial charge < -0.3 is 9.64 Å². The van der Waals surface area contributed by atoms with Gasteiger partial charge in [-0.15, -0.1) is 0 Å². The molecule has 1 aromatic heterocycles. The Bertz CT molecular complexity index is 592. The van der Waals surface area contributed by atoms with Gasteiger partial charge >= 0.3 is 0 Å². The number of carbonyl (C=O) groups is 1. The van der Waals surface area contributed by atoms with E-state index < -0.39 is 0 Å². The molecule has 3 rings (SSSR count). The van der Waals surface area contributed by atoms with Crippen LogP contribution in [0.2, 0.25) is 0 Å². The molecule has 0 saturated carbocycles. The molecule has 132 valence electrons. The first-order chi connectivity index (χ1) is 11.5. The third-order valence-corrected chi connectivity index (χ3v) is 5.23. The Balaban J connectivity index is 1.61. The number of methoxy groups -OCH3 is 1. The fraction of sp³-hybridized carbons (Fsp3) is 0.722. The van der Waals surface area contributed by atoms with E-state index in [1.807, 2.05) is 17.2 Å². The summed E-state index contributed by atoms with van der Waals surface area (Å²) in [5.41, 5.74) is 0.870. The van der Waals surface area contributed by atoms with Crippen molar-refractivity contribution in [2.24, 2.45) is 5.41 Å². The molecule has 2 saturated heterocycles. The predicted molar refractivity (Wildman–Crippen MR) is 91.5 cm³/mol. The third-order valence-electron chi connectivity index (χ3n) is 5.23. The number of hydrogen-bond acceptors (Lipinski definition) is 5.